The van der Waals surface area contributed by atoms with Gasteiger partial charge in [-0.25, -0.2) is 0 Å². The van der Waals surface area contributed by atoms with E-state index in [4.69, 9.17) is 10.4 Å². The highest BCUT2D eigenvalue weighted by molar-refractivity contribution is 5.96. The van der Waals surface area contributed by atoms with Gasteiger partial charge < -0.3 is 10.0 Å². The first kappa shape index (κ1) is 10.7. The Morgan fingerprint density at radius 1 is 1.56 bits per heavy atom. The monoisotopic (exact) mass is 216 g/mol. The Labute approximate surface area is 93.7 Å². The minimum Gasteiger partial charge on any atom is -0.389 e. The number of nitriles is 1. The smallest absolute Gasteiger partial charge is 0.254 e. The fourth-order valence-electron chi connectivity index (χ4n) is 1.76. The number of hydrogen-bond acceptors (Lipinski definition) is 3. The molecule has 0 unspecified atom stereocenters. The molecule has 0 aromatic heterocycles. The first-order valence-corrected chi connectivity index (χ1v) is 5.10. The van der Waals surface area contributed by atoms with Crippen LogP contribution >= 0.6 is 0 Å². The molecule has 1 aliphatic heterocycles. The lowest BCUT2D eigenvalue weighted by molar-refractivity contribution is 0.00584. The maximum absolute atomic E-state index is 11.9. The Hall–Kier alpha value is -1.86. The van der Waals surface area contributed by atoms with Crippen LogP contribution in [0.3, 0.4) is 0 Å². The zero-order valence-corrected chi connectivity index (χ0v) is 8.97. The van der Waals surface area contributed by atoms with Crippen molar-refractivity contribution in [3.8, 4) is 6.07 Å². The number of hydrogen-bond donors (Lipinski definition) is 1. The first-order chi connectivity index (χ1) is 7.61. The molecular formula is C12H12N2O2. The maximum Gasteiger partial charge on any atom is 0.254 e. The van der Waals surface area contributed by atoms with Crippen LogP contribution in [-0.4, -0.2) is 35.1 Å². The van der Waals surface area contributed by atoms with Crippen LogP contribution in [0.1, 0.15) is 21.5 Å². The second-order valence-corrected chi connectivity index (χ2v) is 4.01. The minimum atomic E-state index is -0.386. The molecule has 1 N–H and O–H groups in total. The predicted octanol–water partition coefficient (Wildman–Crippen LogP) is 0.683. The van der Waals surface area contributed by atoms with Gasteiger partial charge in [0.25, 0.3) is 5.91 Å². The predicted molar refractivity (Wildman–Crippen MR) is 57.8 cm³/mol. The van der Waals surface area contributed by atoms with Gasteiger partial charge in [-0.15, -0.1) is 0 Å². The van der Waals surface area contributed by atoms with Gasteiger partial charge in [0, 0.05) is 18.7 Å². The summed E-state index contributed by atoms with van der Waals surface area (Å²) in [6, 6.07) is 7.03. The Kier molecular flexibility index (Phi) is 2.63. The summed E-state index contributed by atoms with van der Waals surface area (Å²) in [6.45, 7) is 2.61. The quantitative estimate of drug-likeness (QED) is 0.751. The van der Waals surface area contributed by atoms with Crippen molar-refractivity contribution in [2.75, 3.05) is 13.1 Å². The van der Waals surface area contributed by atoms with Crippen molar-refractivity contribution in [1.82, 2.24) is 4.90 Å². The molecule has 16 heavy (non-hydrogen) atoms. The summed E-state index contributed by atoms with van der Waals surface area (Å²) in [6.07, 6.45) is -0.386. The Balaban J connectivity index is 2.21. The van der Waals surface area contributed by atoms with Crippen LogP contribution in [0.4, 0.5) is 0 Å². The van der Waals surface area contributed by atoms with Gasteiger partial charge in [-0.3, -0.25) is 4.79 Å². The minimum absolute atomic E-state index is 0.0766. The highest BCUT2D eigenvalue weighted by atomic mass is 16.3. The van der Waals surface area contributed by atoms with E-state index < -0.39 is 0 Å². The van der Waals surface area contributed by atoms with Gasteiger partial charge in [0.05, 0.1) is 17.7 Å². The van der Waals surface area contributed by atoms with Crippen LogP contribution in [0.15, 0.2) is 18.2 Å². The molecule has 82 valence electrons. The molecule has 1 aromatic rings. The van der Waals surface area contributed by atoms with Crippen molar-refractivity contribution in [3.05, 3.63) is 34.9 Å². The van der Waals surface area contributed by atoms with E-state index in [1.807, 2.05) is 13.0 Å². The van der Waals surface area contributed by atoms with Crippen LogP contribution < -0.4 is 0 Å². The Morgan fingerprint density at radius 2 is 2.25 bits per heavy atom. The van der Waals surface area contributed by atoms with Gasteiger partial charge in [-0.2, -0.15) is 5.26 Å². The second-order valence-electron chi connectivity index (χ2n) is 4.01. The summed E-state index contributed by atoms with van der Waals surface area (Å²) in [4.78, 5) is 13.5. The SMILES string of the molecule is Cc1cc(C#N)ccc1C(=O)N1CC(O)C1. The molecule has 4 nitrogen and oxygen atoms in total. The average molecular weight is 216 g/mol. The van der Waals surface area contributed by atoms with E-state index in [2.05, 4.69) is 0 Å². The van der Waals surface area contributed by atoms with E-state index in [0.29, 0.717) is 24.2 Å². The number of carbonyl (C=O) groups is 1. The van der Waals surface area contributed by atoms with E-state index >= 15 is 0 Å². The third-order valence-corrected chi connectivity index (χ3v) is 2.74. The molecule has 4 heteroatoms. The summed E-state index contributed by atoms with van der Waals surface area (Å²) < 4.78 is 0. The number of aliphatic hydroxyl groups excluding tert-OH is 1. The van der Waals surface area contributed by atoms with Crippen molar-refractivity contribution in [2.45, 2.75) is 13.0 Å². The fourth-order valence-corrected chi connectivity index (χ4v) is 1.76. The number of nitrogens with zero attached hydrogens (tertiary/aromatic N) is 2. The largest absolute Gasteiger partial charge is 0.389 e. The molecule has 0 spiro atoms. The zero-order valence-electron chi connectivity index (χ0n) is 8.97. The molecular weight excluding hydrogens is 204 g/mol. The van der Waals surface area contributed by atoms with E-state index in [1.165, 1.54) is 0 Å². The van der Waals surface area contributed by atoms with Gasteiger partial charge >= 0.3 is 0 Å². The van der Waals surface area contributed by atoms with Crippen molar-refractivity contribution in [1.29, 1.82) is 5.26 Å². The van der Waals surface area contributed by atoms with Crippen LogP contribution in [0, 0.1) is 18.3 Å². The van der Waals surface area contributed by atoms with Crippen molar-refractivity contribution in [3.63, 3.8) is 0 Å². The first-order valence-electron chi connectivity index (χ1n) is 5.10. The maximum atomic E-state index is 11.9. The van der Waals surface area contributed by atoms with Gasteiger partial charge in [0.2, 0.25) is 0 Å². The molecule has 0 aliphatic carbocycles. The van der Waals surface area contributed by atoms with Gasteiger partial charge in [-0.1, -0.05) is 0 Å². The van der Waals surface area contributed by atoms with Crippen LogP contribution in [0.5, 0.6) is 0 Å². The summed E-state index contributed by atoms with van der Waals surface area (Å²) in [5.41, 5.74) is 1.95. The molecule has 0 saturated carbocycles. The van der Waals surface area contributed by atoms with Crippen molar-refractivity contribution >= 4 is 5.91 Å². The van der Waals surface area contributed by atoms with Crippen molar-refractivity contribution < 1.29 is 9.90 Å². The normalized spacial score (nSPS) is 15.4. The second kappa shape index (κ2) is 3.95. The number of β-amino-alcohol motifs (C(OH)–C–C–N with tert-alkyl or cyclic N) is 1. The molecule has 1 aromatic carbocycles. The highest BCUT2D eigenvalue weighted by Crippen LogP contribution is 2.17. The highest BCUT2D eigenvalue weighted by Gasteiger charge is 2.29. The van der Waals surface area contributed by atoms with E-state index in [9.17, 15) is 4.79 Å². The van der Waals surface area contributed by atoms with E-state index in [0.717, 1.165) is 5.56 Å². The average Bonchev–Trinajstić information content (AvgIpc) is 2.23. The number of aliphatic hydroxyl groups is 1. The molecule has 0 bridgehead atoms. The molecule has 2 rings (SSSR count). The molecule has 1 heterocycles. The lowest BCUT2D eigenvalue weighted by Gasteiger charge is -2.36. The van der Waals surface area contributed by atoms with E-state index in [-0.39, 0.29) is 12.0 Å². The van der Waals surface area contributed by atoms with Crippen molar-refractivity contribution in [2.24, 2.45) is 0 Å². The summed E-state index contributed by atoms with van der Waals surface area (Å²) in [7, 11) is 0. The third kappa shape index (κ3) is 1.77. The van der Waals surface area contributed by atoms with E-state index in [1.54, 1.807) is 23.1 Å². The van der Waals surface area contributed by atoms with Crippen LogP contribution in [0.2, 0.25) is 0 Å². The zero-order chi connectivity index (χ0) is 11.7. The number of likely N-dealkylation sites (tertiary alicyclic amines) is 1. The lowest BCUT2D eigenvalue weighted by atomic mass is 10.0. The number of aryl methyl sites for hydroxylation is 1. The van der Waals surface area contributed by atoms with Crippen LogP contribution in [-0.2, 0) is 0 Å². The lowest BCUT2D eigenvalue weighted by Crippen LogP contribution is -2.53. The third-order valence-electron chi connectivity index (χ3n) is 2.74. The molecule has 1 amide bonds. The topological polar surface area (TPSA) is 64.3 Å². The van der Waals surface area contributed by atoms with Gasteiger partial charge in [0.1, 0.15) is 0 Å². The number of carbonyl (C=O) groups excluding carboxylic acids is 1. The number of benzene rings is 1. The molecule has 0 atom stereocenters. The summed E-state index contributed by atoms with van der Waals surface area (Å²) in [5, 5.41) is 17.8. The molecule has 1 aliphatic rings. The van der Waals surface area contributed by atoms with Gasteiger partial charge in [0.15, 0.2) is 0 Å². The van der Waals surface area contributed by atoms with Crippen LogP contribution in [0.25, 0.3) is 0 Å². The molecule has 1 saturated heterocycles. The number of rotatable bonds is 1. The summed E-state index contributed by atoms with van der Waals surface area (Å²) >= 11 is 0. The fraction of sp³-hybridized carbons (Fsp3) is 0.333. The standard InChI is InChI=1S/C12H12N2O2/c1-8-4-9(5-13)2-3-11(8)12(16)14-6-10(15)7-14/h2-4,10,15H,6-7H2,1H3. The Bertz CT molecular complexity index is 470. The summed E-state index contributed by atoms with van der Waals surface area (Å²) in [5.74, 6) is -0.0766. The number of amides is 1. The molecule has 1 fully saturated rings. The Morgan fingerprint density at radius 3 is 2.75 bits per heavy atom. The van der Waals surface area contributed by atoms with Gasteiger partial charge in [-0.05, 0) is 30.7 Å². The molecule has 0 radical (unpaired) electrons.